The average Bonchev–Trinajstić information content (AvgIpc) is 3.10. The zero-order chi connectivity index (χ0) is 17.9. The molecule has 2 aromatic heterocycles. The monoisotopic (exact) mass is 349 g/mol. The molecule has 5 heteroatoms. The summed E-state index contributed by atoms with van der Waals surface area (Å²) in [5.74, 6) is 1.71. The highest BCUT2D eigenvalue weighted by atomic mass is 16.3. The summed E-state index contributed by atoms with van der Waals surface area (Å²) in [5, 5.41) is 3.03. The molecule has 2 heterocycles. The van der Waals surface area contributed by atoms with Crippen LogP contribution >= 0.6 is 0 Å². The van der Waals surface area contributed by atoms with Gasteiger partial charge in [0.1, 0.15) is 5.52 Å². The molecule has 1 aliphatic rings. The van der Waals surface area contributed by atoms with Crippen molar-refractivity contribution in [2.45, 2.75) is 38.5 Å². The third-order valence-electron chi connectivity index (χ3n) is 5.23. The number of pyridine rings is 1. The van der Waals surface area contributed by atoms with E-state index in [2.05, 4.69) is 28.3 Å². The standard InChI is InChI=1S/C21H23N3O2/c1-14-4-9-18-19(11-14)26-21(24-18)16-7-5-15(6-8-16)12-23-20(25)17-3-2-10-22-13-17/h2-4,9-11,13,15-16H,5-8,12H2,1H3,(H,23,25)/t15-,16-. The van der Waals surface area contributed by atoms with E-state index in [9.17, 15) is 4.79 Å². The molecule has 0 unspecified atom stereocenters. The number of hydrogen-bond acceptors (Lipinski definition) is 4. The highest BCUT2D eigenvalue weighted by Gasteiger charge is 2.26. The summed E-state index contributed by atoms with van der Waals surface area (Å²) in [7, 11) is 0. The molecular formula is C21H23N3O2. The molecule has 0 atom stereocenters. The second-order valence-electron chi connectivity index (χ2n) is 7.19. The van der Waals surface area contributed by atoms with Gasteiger partial charge in [0.2, 0.25) is 0 Å². The van der Waals surface area contributed by atoms with Crippen LogP contribution in [0.4, 0.5) is 0 Å². The summed E-state index contributed by atoms with van der Waals surface area (Å²) in [6.07, 6.45) is 7.54. The van der Waals surface area contributed by atoms with Gasteiger partial charge in [-0.25, -0.2) is 4.98 Å². The Hall–Kier alpha value is -2.69. The van der Waals surface area contributed by atoms with Crippen molar-refractivity contribution in [3.63, 3.8) is 0 Å². The molecule has 1 aliphatic carbocycles. The van der Waals surface area contributed by atoms with Crippen LogP contribution in [0.2, 0.25) is 0 Å². The topological polar surface area (TPSA) is 68.0 Å². The lowest BCUT2D eigenvalue weighted by atomic mass is 9.82. The summed E-state index contributed by atoms with van der Waals surface area (Å²) in [6, 6.07) is 9.70. The Morgan fingerprint density at radius 3 is 2.85 bits per heavy atom. The molecular weight excluding hydrogens is 326 g/mol. The molecule has 0 bridgehead atoms. The molecule has 134 valence electrons. The minimum Gasteiger partial charge on any atom is -0.440 e. The van der Waals surface area contributed by atoms with Crippen molar-refractivity contribution in [1.29, 1.82) is 0 Å². The largest absolute Gasteiger partial charge is 0.440 e. The number of nitrogens with one attached hydrogen (secondary N) is 1. The maximum absolute atomic E-state index is 12.1. The molecule has 26 heavy (non-hydrogen) atoms. The second-order valence-corrected chi connectivity index (χ2v) is 7.19. The van der Waals surface area contributed by atoms with Crippen molar-refractivity contribution >= 4 is 17.0 Å². The number of oxazole rings is 1. The van der Waals surface area contributed by atoms with Crippen molar-refractivity contribution in [2.24, 2.45) is 5.92 Å². The summed E-state index contributed by atoms with van der Waals surface area (Å²) >= 11 is 0. The highest BCUT2D eigenvalue weighted by molar-refractivity contribution is 5.93. The van der Waals surface area contributed by atoms with Gasteiger partial charge in [0.25, 0.3) is 5.91 Å². The Labute approximate surface area is 152 Å². The fraction of sp³-hybridized carbons (Fsp3) is 0.381. The number of aromatic nitrogens is 2. The van der Waals surface area contributed by atoms with E-state index in [4.69, 9.17) is 4.42 Å². The van der Waals surface area contributed by atoms with Crippen molar-refractivity contribution in [3.05, 3.63) is 59.7 Å². The van der Waals surface area contributed by atoms with Gasteiger partial charge < -0.3 is 9.73 Å². The molecule has 0 spiro atoms. The van der Waals surface area contributed by atoms with Crippen molar-refractivity contribution < 1.29 is 9.21 Å². The number of fused-ring (bicyclic) bond motifs is 1. The fourth-order valence-electron chi connectivity index (χ4n) is 3.67. The number of carbonyl (C=O) groups is 1. The summed E-state index contributed by atoms with van der Waals surface area (Å²) in [5.41, 5.74) is 3.62. The summed E-state index contributed by atoms with van der Waals surface area (Å²) in [4.78, 5) is 20.8. The SMILES string of the molecule is Cc1ccc2nc([C@H]3CC[C@H](CNC(=O)c4cccnc4)CC3)oc2c1. The zero-order valence-electron chi connectivity index (χ0n) is 14.9. The minimum absolute atomic E-state index is 0.0467. The van der Waals surface area contributed by atoms with E-state index >= 15 is 0 Å². The Morgan fingerprint density at radius 1 is 1.23 bits per heavy atom. The smallest absolute Gasteiger partial charge is 0.252 e. The summed E-state index contributed by atoms with van der Waals surface area (Å²) < 4.78 is 5.99. The maximum Gasteiger partial charge on any atom is 0.252 e. The Kier molecular flexibility index (Phi) is 4.69. The van der Waals surface area contributed by atoms with Crippen LogP contribution in [0, 0.1) is 12.8 Å². The molecule has 0 saturated heterocycles. The highest BCUT2D eigenvalue weighted by Crippen LogP contribution is 2.36. The number of amides is 1. The first-order chi connectivity index (χ1) is 12.7. The van der Waals surface area contributed by atoms with Gasteiger partial charge in [-0.3, -0.25) is 9.78 Å². The van der Waals surface area contributed by atoms with E-state index in [0.29, 0.717) is 23.9 Å². The third kappa shape index (κ3) is 3.62. The molecule has 1 N–H and O–H groups in total. The molecule has 1 aromatic carbocycles. The van der Waals surface area contributed by atoms with Crippen LogP contribution in [-0.4, -0.2) is 22.4 Å². The van der Waals surface area contributed by atoms with E-state index in [0.717, 1.165) is 42.7 Å². The molecule has 3 aromatic rings. The maximum atomic E-state index is 12.1. The van der Waals surface area contributed by atoms with E-state index in [-0.39, 0.29) is 5.91 Å². The summed E-state index contributed by atoms with van der Waals surface area (Å²) in [6.45, 7) is 2.78. The number of rotatable bonds is 4. The Bertz CT molecular complexity index is 896. The van der Waals surface area contributed by atoms with E-state index in [1.165, 1.54) is 5.56 Å². The van der Waals surface area contributed by atoms with Crippen LogP contribution in [0.5, 0.6) is 0 Å². The van der Waals surface area contributed by atoms with E-state index in [1.807, 2.05) is 12.1 Å². The van der Waals surface area contributed by atoms with Gasteiger partial charge >= 0.3 is 0 Å². The predicted molar refractivity (Wildman–Crippen MR) is 100 cm³/mol. The number of carbonyl (C=O) groups excluding carboxylic acids is 1. The number of aryl methyl sites for hydroxylation is 1. The van der Waals surface area contributed by atoms with Crippen LogP contribution in [0.3, 0.4) is 0 Å². The predicted octanol–water partition coefficient (Wildman–Crippen LogP) is 4.24. The first-order valence-electron chi connectivity index (χ1n) is 9.24. The zero-order valence-corrected chi connectivity index (χ0v) is 14.9. The van der Waals surface area contributed by atoms with Gasteiger partial charge in [0, 0.05) is 24.9 Å². The molecule has 4 rings (SSSR count). The van der Waals surface area contributed by atoms with E-state index in [1.54, 1.807) is 24.5 Å². The van der Waals surface area contributed by atoms with Gasteiger partial charge in [-0.05, 0) is 68.4 Å². The Morgan fingerprint density at radius 2 is 2.08 bits per heavy atom. The first-order valence-corrected chi connectivity index (χ1v) is 9.24. The lowest BCUT2D eigenvalue weighted by Gasteiger charge is -2.26. The average molecular weight is 349 g/mol. The van der Waals surface area contributed by atoms with Crippen molar-refractivity contribution in [1.82, 2.24) is 15.3 Å². The van der Waals surface area contributed by atoms with Crippen LogP contribution < -0.4 is 5.32 Å². The number of benzene rings is 1. The molecule has 1 amide bonds. The molecule has 1 saturated carbocycles. The lowest BCUT2D eigenvalue weighted by molar-refractivity contribution is 0.0942. The molecule has 0 aliphatic heterocycles. The van der Waals surface area contributed by atoms with Crippen LogP contribution in [0.15, 0.2) is 47.1 Å². The molecule has 1 fully saturated rings. The van der Waals surface area contributed by atoms with Crippen LogP contribution in [-0.2, 0) is 0 Å². The molecule has 5 nitrogen and oxygen atoms in total. The number of nitrogens with zero attached hydrogens (tertiary/aromatic N) is 2. The van der Waals surface area contributed by atoms with Gasteiger partial charge in [0.15, 0.2) is 11.5 Å². The minimum atomic E-state index is -0.0467. The van der Waals surface area contributed by atoms with E-state index < -0.39 is 0 Å². The first kappa shape index (κ1) is 16.8. The third-order valence-corrected chi connectivity index (χ3v) is 5.23. The number of hydrogen-bond donors (Lipinski definition) is 1. The normalized spacial score (nSPS) is 20.2. The van der Waals surface area contributed by atoms with Gasteiger partial charge in [-0.15, -0.1) is 0 Å². The second kappa shape index (κ2) is 7.28. The van der Waals surface area contributed by atoms with Gasteiger partial charge in [-0.1, -0.05) is 6.07 Å². The fourth-order valence-corrected chi connectivity index (χ4v) is 3.67. The Balaban J connectivity index is 1.31. The van der Waals surface area contributed by atoms with Gasteiger partial charge in [0.05, 0.1) is 5.56 Å². The quantitative estimate of drug-likeness (QED) is 0.765. The molecule has 0 radical (unpaired) electrons. The van der Waals surface area contributed by atoms with Crippen LogP contribution in [0.25, 0.3) is 11.1 Å². The lowest BCUT2D eigenvalue weighted by Crippen LogP contribution is -2.31. The van der Waals surface area contributed by atoms with Crippen LogP contribution in [0.1, 0.15) is 53.4 Å². The van der Waals surface area contributed by atoms with Crippen molar-refractivity contribution in [2.75, 3.05) is 6.54 Å². The van der Waals surface area contributed by atoms with Gasteiger partial charge in [-0.2, -0.15) is 0 Å². The van der Waals surface area contributed by atoms with Crippen molar-refractivity contribution in [3.8, 4) is 0 Å².